The van der Waals surface area contributed by atoms with Crippen LogP contribution in [0, 0.1) is 5.92 Å². The fourth-order valence-corrected chi connectivity index (χ4v) is 1.72. The van der Waals surface area contributed by atoms with Crippen molar-refractivity contribution in [1.29, 1.82) is 0 Å². The molecular weight excluding hydrogens is 252 g/mol. The van der Waals surface area contributed by atoms with Crippen molar-refractivity contribution in [2.24, 2.45) is 16.8 Å². The Bertz CT molecular complexity index is 419. The molecule has 3 N–H and O–H groups in total. The van der Waals surface area contributed by atoms with Gasteiger partial charge in [-0.3, -0.25) is 0 Å². The first-order valence-electron chi connectivity index (χ1n) is 5.95. The third-order valence-corrected chi connectivity index (χ3v) is 2.75. The van der Waals surface area contributed by atoms with Crippen LogP contribution in [0.2, 0.25) is 5.02 Å². The van der Waals surface area contributed by atoms with Crippen molar-refractivity contribution in [1.82, 2.24) is 0 Å². The number of ether oxygens (including phenoxy) is 1. The summed E-state index contributed by atoms with van der Waals surface area (Å²) in [5, 5.41) is 12.2. The van der Waals surface area contributed by atoms with Crippen LogP contribution in [-0.2, 0) is 0 Å². The number of nitrogens with zero attached hydrogens (tertiary/aromatic N) is 1. The highest BCUT2D eigenvalue weighted by Gasteiger charge is 2.09. The molecule has 0 aliphatic heterocycles. The van der Waals surface area contributed by atoms with E-state index in [9.17, 15) is 0 Å². The topological polar surface area (TPSA) is 67.8 Å². The average molecular weight is 271 g/mol. The predicted octanol–water partition coefficient (Wildman–Crippen LogP) is 3.25. The summed E-state index contributed by atoms with van der Waals surface area (Å²) < 4.78 is 5.63. The standard InChI is InChI=1S/C13H19ClN2O2/c1-9(2)4-3-7-18-12-8-10(14)5-6-11(12)13(15)16-17/h5-6,8-9,17H,3-4,7H2,1-2H3,(H2,15,16). The van der Waals surface area contributed by atoms with Crippen molar-refractivity contribution >= 4 is 17.4 Å². The lowest BCUT2D eigenvalue weighted by Crippen LogP contribution is -2.15. The molecule has 0 aliphatic rings. The summed E-state index contributed by atoms with van der Waals surface area (Å²) in [5.74, 6) is 1.21. The maximum atomic E-state index is 8.70. The fraction of sp³-hybridized carbons (Fsp3) is 0.462. The zero-order valence-electron chi connectivity index (χ0n) is 10.7. The third kappa shape index (κ3) is 4.45. The van der Waals surface area contributed by atoms with Crippen molar-refractivity contribution in [3.8, 4) is 5.75 Å². The molecule has 0 spiro atoms. The minimum absolute atomic E-state index is 0.0190. The van der Waals surface area contributed by atoms with E-state index in [4.69, 9.17) is 27.3 Å². The highest BCUT2D eigenvalue weighted by atomic mass is 35.5. The first kappa shape index (κ1) is 14.6. The second-order valence-electron chi connectivity index (χ2n) is 4.51. The Morgan fingerprint density at radius 2 is 2.22 bits per heavy atom. The van der Waals surface area contributed by atoms with Gasteiger partial charge in [0.2, 0.25) is 0 Å². The molecule has 1 aromatic carbocycles. The van der Waals surface area contributed by atoms with Gasteiger partial charge in [0.1, 0.15) is 5.75 Å². The molecule has 0 heterocycles. The van der Waals surface area contributed by atoms with Gasteiger partial charge < -0.3 is 15.7 Å². The van der Waals surface area contributed by atoms with E-state index in [0.717, 1.165) is 12.8 Å². The van der Waals surface area contributed by atoms with Gasteiger partial charge in [-0.15, -0.1) is 0 Å². The van der Waals surface area contributed by atoms with Gasteiger partial charge in [-0.1, -0.05) is 30.6 Å². The normalized spacial score (nSPS) is 11.9. The van der Waals surface area contributed by atoms with Crippen LogP contribution in [0.1, 0.15) is 32.3 Å². The summed E-state index contributed by atoms with van der Waals surface area (Å²) in [4.78, 5) is 0. The molecular formula is C13H19ClN2O2. The monoisotopic (exact) mass is 270 g/mol. The first-order valence-corrected chi connectivity index (χ1v) is 6.32. The summed E-state index contributed by atoms with van der Waals surface area (Å²) in [6, 6.07) is 5.02. The lowest BCUT2D eigenvalue weighted by molar-refractivity contribution is 0.296. The Balaban J connectivity index is 2.71. The van der Waals surface area contributed by atoms with E-state index in [1.54, 1.807) is 18.2 Å². The molecule has 0 bridgehead atoms. The number of hydrogen-bond acceptors (Lipinski definition) is 3. The van der Waals surface area contributed by atoms with Gasteiger partial charge in [-0.2, -0.15) is 0 Å². The van der Waals surface area contributed by atoms with E-state index in [0.29, 0.717) is 28.9 Å². The van der Waals surface area contributed by atoms with Gasteiger partial charge in [0.25, 0.3) is 0 Å². The molecule has 0 amide bonds. The summed E-state index contributed by atoms with van der Waals surface area (Å²) in [7, 11) is 0. The van der Waals surface area contributed by atoms with Crippen molar-refractivity contribution in [2.75, 3.05) is 6.61 Å². The molecule has 100 valence electrons. The molecule has 0 atom stereocenters. The van der Waals surface area contributed by atoms with Crippen molar-refractivity contribution < 1.29 is 9.94 Å². The number of nitrogens with two attached hydrogens (primary N) is 1. The van der Waals surface area contributed by atoms with E-state index >= 15 is 0 Å². The van der Waals surface area contributed by atoms with Crippen LogP contribution >= 0.6 is 11.6 Å². The molecule has 18 heavy (non-hydrogen) atoms. The summed E-state index contributed by atoms with van der Waals surface area (Å²) in [6.07, 6.45) is 2.05. The molecule has 0 aromatic heterocycles. The van der Waals surface area contributed by atoms with Crippen LogP contribution < -0.4 is 10.5 Å². The number of hydrogen-bond donors (Lipinski definition) is 2. The average Bonchev–Trinajstić information content (AvgIpc) is 2.33. The highest BCUT2D eigenvalue weighted by Crippen LogP contribution is 2.23. The molecule has 0 saturated carbocycles. The lowest BCUT2D eigenvalue weighted by Gasteiger charge is -2.11. The lowest BCUT2D eigenvalue weighted by atomic mass is 10.1. The van der Waals surface area contributed by atoms with Crippen molar-refractivity contribution in [3.63, 3.8) is 0 Å². The summed E-state index contributed by atoms with van der Waals surface area (Å²) in [6.45, 7) is 4.92. The van der Waals surface area contributed by atoms with E-state index in [1.165, 1.54) is 0 Å². The highest BCUT2D eigenvalue weighted by molar-refractivity contribution is 6.30. The minimum atomic E-state index is 0.0190. The smallest absolute Gasteiger partial charge is 0.173 e. The maximum absolute atomic E-state index is 8.70. The molecule has 0 saturated heterocycles. The van der Waals surface area contributed by atoms with Crippen LogP contribution in [0.15, 0.2) is 23.4 Å². The van der Waals surface area contributed by atoms with Gasteiger partial charge in [0.05, 0.1) is 12.2 Å². The Hall–Kier alpha value is -1.42. The van der Waals surface area contributed by atoms with Crippen molar-refractivity contribution in [2.45, 2.75) is 26.7 Å². The molecule has 4 nitrogen and oxygen atoms in total. The maximum Gasteiger partial charge on any atom is 0.173 e. The fourth-order valence-electron chi connectivity index (χ4n) is 1.55. The molecule has 1 rings (SSSR count). The molecule has 0 fully saturated rings. The van der Waals surface area contributed by atoms with Gasteiger partial charge >= 0.3 is 0 Å². The van der Waals surface area contributed by atoms with Gasteiger partial charge in [0, 0.05) is 5.02 Å². The predicted molar refractivity (Wildman–Crippen MR) is 73.5 cm³/mol. The van der Waals surface area contributed by atoms with Gasteiger partial charge in [-0.05, 0) is 37.0 Å². The number of benzene rings is 1. The van der Waals surface area contributed by atoms with Crippen LogP contribution in [0.3, 0.4) is 0 Å². The largest absolute Gasteiger partial charge is 0.493 e. The quantitative estimate of drug-likeness (QED) is 0.274. The SMILES string of the molecule is CC(C)CCCOc1cc(Cl)ccc1C(N)=NO. The van der Waals surface area contributed by atoms with Crippen LogP contribution in [0.25, 0.3) is 0 Å². The first-order chi connectivity index (χ1) is 8.54. The zero-order chi connectivity index (χ0) is 13.5. The van der Waals surface area contributed by atoms with E-state index in [-0.39, 0.29) is 5.84 Å². The number of halogens is 1. The number of amidine groups is 1. The van der Waals surface area contributed by atoms with E-state index < -0.39 is 0 Å². The van der Waals surface area contributed by atoms with Crippen LogP contribution in [0.5, 0.6) is 5.75 Å². The number of oxime groups is 1. The molecule has 0 unspecified atom stereocenters. The Labute approximate surface area is 112 Å². The van der Waals surface area contributed by atoms with Gasteiger partial charge in [-0.25, -0.2) is 0 Å². The van der Waals surface area contributed by atoms with E-state index in [2.05, 4.69) is 19.0 Å². The summed E-state index contributed by atoms with van der Waals surface area (Å²) >= 11 is 5.90. The minimum Gasteiger partial charge on any atom is -0.493 e. The van der Waals surface area contributed by atoms with Crippen LogP contribution in [0.4, 0.5) is 0 Å². The Morgan fingerprint density at radius 3 is 2.83 bits per heavy atom. The molecule has 0 aliphatic carbocycles. The molecule has 0 radical (unpaired) electrons. The van der Waals surface area contributed by atoms with Crippen LogP contribution in [-0.4, -0.2) is 17.6 Å². The Morgan fingerprint density at radius 1 is 1.50 bits per heavy atom. The molecule has 1 aromatic rings. The molecule has 5 heteroatoms. The third-order valence-electron chi connectivity index (χ3n) is 2.51. The summed E-state index contributed by atoms with van der Waals surface area (Å²) in [5.41, 5.74) is 6.12. The van der Waals surface area contributed by atoms with Crippen molar-refractivity contribution in [3.05, 3.63) is 28.8 Å². The van der Waals surface area contributed by atoms with Gasteiger partial charge in [0.15, 0.2) is 5.84 Å². The zero-order valence-corrected chi connectivity index (χ0v) is 11.4. The van der Waals surface area contributed by atoms with E-state index in [1.807, 2.05) is 0 Å². The second-order valence-corrected chi connectivity index (χ2v) is 4.95. The Kier molecular flexibility index (Phi) is 5.78. The number of rotatable bonds is 6. The second kappa shape index (κ2) is 7.11.